The van der Waals surface area contributed by atoms with Gasteiger partial charge in [-0.1, -0.05) is 75.9 Å². The van der Waals surface area contributed by atoms with Crippen LogP contribution in [0.1, 0.15) is 90.9 Å². The molecule has 2 aromatic carbocycles. The van der Waals surface area contributed by atoms with Crippen molar-refractivity contribution in [3.05, 3.63) is 60.7 Å². The summed E-state index contributed by atoms with van der Waals surface area (Å²) in [5, 5.41) is 11.8. The lowest BCUT2D eigenvalue weighted by Gasteiger charge is -2.24. The van der Waals surface area contributed by atoms with Crippen LogP contribution in [-0.4, -0.2) is 61.9 Å². The van der Waals surface area contributed by atoms with Crippen LogP contribution in [0.3, 0.4) is 0 Å². The summed E-state index contributed by atoms with van der Waals surface area (Å²) in [5.74, 6) is -1.69. The number of nitrogens with one attached hydrogen (secondary N) is 6. The molecule has 4 atom stereocenters. The Bertz CT molecular complexity index is 1140. The molecule has 12 nitrogen and oxygen atoms in total. The van der Waals surface area contributed by atoms with Crippen molar-refractivity contribution in [2.24, 2.45) is 23.3 Å². The van der Waals surface area contributed by atoms with E-state index in [2.05, 4.69) is 46.0 Å². The summed E-state index contributed by atoms with van der Waals surface area (Å²) in [6.07, 6.45) is 8.77. The molecule has 0 aliphatic heterocycles. The molecule has 4 amide bonds. The summed E-state index contributed by atoms with van der Waals surface area (Å²) >= 11 is 0. The van der Waals surface area contributed by atoms with Crippen molar-refractivity contribution in [1.29, 1.82) is 0 Å². The van der Waals surface area contributed by atoms with Gasteiger partial charge in [0.2, 0.25) is 23.6 Å². The molecule has 0 saturated heterocycles. The van der Waals surface area contributed by atoms with Gasteiger partial charge in [0.25, 0.3) is 0 Å². The molecule has 0 aromatic heterocycles. The van der Waals surface area contributed by atoms with Crippen LogP contribution in [0.25, 0.3) is 0 Å². The standard InChI is InChI=1S/C38H62N8O4/c1-3-5-17-29(35(47)45-33(23-13-15-25-39)37(49)43-31-19-9-7-10-20-31)27-41-42-28-30(18-6-4-2)36(48)46-34(24-14-16-26-40)38(50)44-32-21-11-8-12-22-32/h7-12,19-22,29-30,33-34,41-42H,3-6,13-18,23-28,39-40H2,1-2H3,(H,43,49)(H,44,50)(H,45,47)(H,46,48)/t29-,30+,33-,34-/m0/s1. The number of unbranched alkanes of at least 4 members (excludes halogenated alkanes) is 4. The predicted molar refractivity (Wildman–Crippen MR) is 202 cm³/mol. The van der Waals surface area contributed by atoms with Crippen molar-refractivity contribution >= 4 is 35.0 Å². The van der Waals surface area contributed by atoms with Crippen molar-refractivity contribution in [1.82, 2.24) is 21.5 Å². The van der Waals surface area contributed by atoms with E-state index in [4.69, 9.17) is 11.5 Å². The van der Waals surface area contributed by atoms with Crippen molar-refractivity contribution < 1.29 is 19.2 Å². The zero-order valence-electron chi connectivity index (χ0n) is 30.2. The van der Waals surface area contributed by atoms with Crippen LogP contribution in [0.5, 0.6) is 0 Å². The third-order valence-electron chi connectivity index (χ3n) is 8.62. The summed E-state index contributed by atoms with van der Waals surface area (Å²) in [6.45, 7) is 5.83. The summed E-state index contributed by atoms with van der Waals surface area (Å²) < 4.78 is 0. The second-order valence-electron chi connectivity index (χ2n) is 12.8. The van der Waals surface area contributed by atoms with Crippen LogP contribution in [0.4, 0.5) is 11.4 Å². The van der Waals surface area contributed by atoms with E-state index < -0.39 is 12.1 Å². The van der Waals surface area contributed by atoms with Gasteiger partial charge in [0.15, 0.2) is 0 Å². The van der Waals surface area contributed by atoms with Crippen LogP contribution in [0.15, 0.2) is 60.7 Å². The van der Waals surface area contributed by atoms with Gasteiger partial charge >= 0.3 is 0 Å². The fourth-order valence-electron chi connectivity index (χ4n) is 5.55. The average molecular weight is 695 g/mol. The monoisotopic (exact) mass is 694 g/mol. The maximum atomic E-state index is 13.6. The molecule has 0 radical (unpaired) electrons. The molecule has 0 unspecified atom stereocenters. The van der Waals surface area contributed by atoms with Gasteiger partial charge in [-0.2, -0.15) is 0 Å². The molecular weight excluding hydrogens is 632 g/mol. The van der Waals surface area contributed by atoms with Gasteiger partial charge in [-0.25, -0.2) is 0 Å². The quantitative estimate of drug-likeness (QED) is 0.0504. The minimum Gasteiger partial charge on any atom is -0.344 e. The Kier molecular flexibility index (Phi) is 22.0. The van der Waals surface area contributed by atoms with Crippen molar-refractivity contribution in [2.75, 3.05) is 36.8 Å². The number of hydrazine groups is 1. The number of hydrogen-bond donors (Lipinski definition) is 8. The lowest BCUT2D eigenvalue weighted by Crippen LogP contribution is -2.51. The first-order valence-corrected chi connectivity index (χ1v) is 18.5. The molecule has 0 bridgehead atoms. The second-order valence-corrected chi connectivity index (χ2v) is 12.8. The number of benzene rings is 2. The average Bonchev–Trinajstić information content (AvgIpc) is 3.12. The Morgan fingerprint density at radius 1 is 0.520 bits per heavy atom. The molecule has 0 fully saturated rings. The highest BCUT2D eigenvalue weighted by molar-refractivity contribution is 5.98. The Morgan fingerprint density at radius 2 is 0.900 bits per heavy atom. The zero-order chi connectivity index (χ0) is 36.4. The minimum absolute atomic E-state index is 0.196. The van der Waals surface area contributed by atoms with Gasteiger partial charge in [-0.3, -0.25) is 30.0 Å². The Morgan fingerprint density at radius 3 is 1.24 bits per heavy atom. The highest BCUT2D eigenvalue weighted by Crippen LogP contribution is 2.14. The first-order valence-electron chi connectivity index (χ1n) is 18.5. The predicted octanol–water partition coefficient (Wildman–Crippen LogP) is 4.20. The lowest BCUT2D eigenvalue weighted by molar-refractivity contribution is -0.130. The smallest absolute Gasteiger partial charge is 0.246 e. The van der Waals surface area contributed by atoms with Crippen LogP contribution in [0, 0.1) is 11.8 Å². The SMILES string of the molecule is CCCC[C@H](CNNC[C@H](CCCC)C(=O)N[C@@H](CCCCN)C(=O)Nc1ccccc1)C(=O)N[C@@H](CCCCN)C(=O)Nc1ccccc1. The van der Waals surface area contributed by atoms with E-state index in [0.29, 0.717) is 76.1 Å². The molecule has 10 N–H and O–H groups in total. The van der Waals surface area contributed by atoms with E-state index in [9.17, 15) is 19.2 Å². The molecule has 2 rings (SSSR count). The third kappa shape index (κ3) is 17.2. The van der Waals surface area contributed by atoms with Gasteiger partial charge in [-0.15, -0.1) is 0 Å². The fraction of sp³-hybridized carbons (Fsp3) is 0.579. The molecule has 278 valence electrons. The van der Waals surface area contributed by atoms with Crippen molar-refractivity contribution in [3.8, 4) is 0 Å². The van der Waals surface area contributed by atoms with Crippen LogP contribution >= 0.6 is 0 Å². The highest BCUT2D eigenvalue weighted by Gasteiger charge is 2.27. The van der Waals surface area contributed by atoms with E-state index in [1.807, 2.05) is 60.7 Å². The molecule has 2 aromatic rings. The van der Waals surface area contributed by atoms with Gasteiger partial charge in [-0.05, 0) is 88.7 Å². The minimum atomic E-state index is -0.689. The summed E-state index contributed by atoms with van der Waals surface area (Å²) in [5.41, 5.74) is 19.1. The lowest BCUT2D eigenvalue weighted by atomic mass is 9.99. The number of nitrogens with two attached hydrogens (primary N) is 2. The summed E-state index contributed by atoms with van der Waals surface area (Å²) in [4.78, 5) is 53.5. The van der Waals surface area contributed by atoms with E-state index in [1.54, 1.807) is 0 Å². The Labute approximate surface area is 299 Å². The molecule has 0 aliphatic carbocycles. The number of amides is 4. The Balaban J connectivity index is 2.03. The maximum absolute atomic E-state index is 13.6. The topological polar surface area (TPSA) is 192 Å². The highest BCUT2D eigenvalue weighted by atomic mass is 16.2. The molecule has 0 aliphatic rings. The number of anilines is 2. The Hall–Kier alpha value is -3.84. The van der Waals surface area contributed by atoms with E-state index in [-0.39, 0.29) is 35.5 Å². The molecule has 0 spiro atoms. The molecule has 0 saturated carbocycles. The molecular formula is C38H62N8O4. The second kappa shape index (κ2) is 26.0. The van der Waals surface area contributed by atoms with Crippen LogP contribution < -0.4 is 43.6 Å². The molecule has 0 heterocycles. The van der Waals surface area contributed by atoms with Gasteiger partial charge in [0.1, 0.15) is 12.1 Å². The first kappa shape index (κ1) is 42.3. The van der Waals surface area contributed by atoms with Gasteiger partial charge < -0.3 is 32.7 Å². The number of carbonyl (C=O) groups excluding carboxylic acids is 4. The van der Waals surface area contributed by atoms with E-state index in [0.717, 1.165) is 38.5 Å². The maximum Gasteiger partial charge on any atom is 0.246 e. The van der Waals surface area contributed by atoms with Crippen molar-refractivity contribution in [2.45, 2.75) is 103 Å². The number of para-hydroxylation sites is 2. The summed E-state index contributed by atoms with van der Waals surface area (Å²) in [7, 11) is 0. The summed E-state index contributed by atoms with van der Waals surface area (Å²) in [6, 6.07) is 17.0. The van der Waals surface area contributed by atoms with Crippen molar-refractivity contribution in [3.63, 3.8) is 0 Å². The van der Waals surface area contributed by atoms with Gasteiger partial charge in [0, 0.05) is 24.5 Å². The first-order chi connectivity index (χ1) is 24.3. The molecule has 50 heavy (non-hydrogen) atoms. The molecule has 12 heteroatoms. The van der Waals surface area contributed by atoms with E-state index in [1.165, 1.54) is 0 Å². The third-order valence-corrected chi connectivity index (χ3v) is 8.62. The largest absolute Gasteiger partial charge is 0.344 e. The normalized spacial score (nSPS) is 13.4. The number of rotatable bonds is 27. The number of hydrogen-bond acceptors (Lipinski definition) is 8. The number of carbonyl (C=O) groups is 4. The van der Waals surface area contributed by atoms with Crippen LogP contribution in [0.2, 0.25) is 0 Å². The van der Waals surface area contributed by atoms with E-state index >= 15 is 0 Å². The van der Waals surface area contributed by atoms with Crippen LogP contribution in [-0.2, 0) is 19.2 Å². The fourth-order valence-corrected chi connectivity index (χ4v) is 5.55. The zero-order valence-corrected chi connectivity index (χ0v) is 30.2. The van der Waals surface area contributed by atoms with Gasteiger partial charge in [0.05, 0.1) is 11.8 Å².